The standard InChI is InChI=1S/C13H18BF3NO2/c1-8-9(6-12(19)20-13(2,3)4)5-10(7-11(8)18)14(15,16)17/h5,7H,6,18H2,1-4H3/q-1. The van der Waals surface area contributed by atoms with Crippen molar-refractivity contribution >= 4 is 24.1 Å². The fraction of sp³-hybridized carbons (Fsp3) is 0.462. The molecular formula is C13H18BF3NO2-. The number of carbonyl (C=O) groups is 1. The minimum Gasteiger partial charge on any atom is -0.460 e. The van der Waals surface area contributed by atoms with E-state index in [1.165, 1.54) is 0 Å². The molecule has 0 fully saturated rings. The van der Waals surface area contributed by atoms with Gasteiger partial charge < -0.3 is 23.4 Å². The molecular weight excluding hydrogens is 270 g/mol. The van der Waals surface area contributed by atoms with Crippen LogP contribution >= 0.6 is 0 Å². The Morgan fingerprint density at radius 1 is 1.30 bits per heavy atom. The molecule has 0 amide bonds. The van der Waals surface area contributed by atoms with Crippen LogP contribution < -0.4 is 11.2 Å². The van der Waals surface area contributed by atoms with Gasteiger partial charge in [0.1, 0.15) is 5.60 Å². The number of anilines is 1. The largest absolute Gasteiger partial charge is 0.509 e. The smallest absolute Gasteiger partial charge is 0.460 e. The highest BCUT2D eigenvalue weighted by Crippen LogP contribution is 2.20. The van der Waals surface area contributed by atoms with Crippen molar-refractivity contribution in [1.29, 1.82) is 0 Å². The molecule has 20 heavy (non-hydrogen) atoms. The van der Waals surface area contributed by atoms with Gasteiger partial charge in [0.25, 0.3) is 0 Å². The second kappa shape index (κ2) is 5.38. The number of nitrogen functional groups attached to an aromatic ring is 1. The van der Waals surface area contributed by atoms with Gasteiger partial charge in [-0.15, -0.1) is 5.46 Å². The van der Waals surface area contributed by atoms with Crippen LogP contribution in [0.3, 0.4) is 0 Å². The summed E-state index contributed by atoms with van der Waals surface area (Å²) < 4.78 is 43.4. The lowest BCUT2D eigenvalue weighted by atomic mass is 9.78. The van der Waals surface area contributed by atoms with E-state index in [1.807, 2.05) is 0 Å². The van der Waals surface area contributed by atoms with E-state index in [0.29, 0.717) is 5.56 Å². The molecule has 0 unspecified atom stereocenters. The van der Waals surface area contributed by atoms with Crippen LogP contribution in [0.25, 0.3) is 0 Å². The highest BCUT2D eigenvalue weighted by molar-refractivity contribution is 6.73. The number of hydrogen-bond donors (Lipinski definition) is 1. The zero-order valence-corrected chi connectivity index (χ0v) is 12.0. The third-order valence-electron chi connectivity index (χ3n) is 2.71. The quantitative estimate of drug-likeness (QED) is 0.528. The SMILES string of the molecule is Cc1c(N)cc([B-](F)(F)F)cc1CC(=O)OC(C)(C)C. The Bertz CT molecular complexity index is 522. The van der Waals surface area contributed by atoms with Crippen LogP contribution in [0, 0.1) is 6.92 Å². The molecule has 7 heteroatoms. The number of benzene rings is 1. The molecule has 0 radical (unpaired) electrons. The van der Waals surface area contributed by atoms with Crippen molar-refractivity contribution in [3.8, 4) is 0 Å². The van der Waals surface area contributed by atoms with Gasteiger partial charge in [0, 0.05) is 5.69 Å². The normalized spacial score (nSPS) is 12.3. The van der Waals surface area contributed by atoms with Gasteiger partial charge in [0.2, 0.25) is 0 Å². The maximum Gasteiger partial charge on any atom is 0.509 e. The molecule has 112 valence electrons. The van der Waals surface area contributed by atoms with E-state index in [4.69, 9.17) is 10.5 Å². The number of nitrogens with two attached hydrogens (primary N) is 1. The Hall–Kier alpha value is -1.66. The molecule has 0 spiro atoms. The van der Waals surface area contributed by atoms with E-state index >= 15 is 0 Å². The molecule has 1 aromatic rings. The third-order valence-corrected chi connectivity index (χ3v) is 2.71. The molecule has 0 atom stereocenters. The van der Waals surface area contributed by atoms with E-state index in [2.05, 4.69) is 0 Å². The number of rotatable bonds is 3. The summed E-state index contributed by atoms with van der Waals surface area (Å²) in [6.45, 7) is 1.52. The summed E-state index contributed by atoms with van der Waals surface area (Å²) in [5, 5.41) is 0. The maximum atomic E-state index is 12.8. The minimum absolute atomic E-state index is 0.0280. The Kier molecular flexibility index (Phi) is 4.41. The van der Waals surface area contributed by atoms with Crippen LogP contribution in [0.2, 0.25) is 0 Å². The zero-order chi connectivity index (χ0) is 15.7. The van der Waals surface area contributed by atoms with Crippen molar-refractivity contribution in [2.75, 3.05) is 5.73 Å². The Balaban J connectivity index is 3.06. The first-order valence-corrected chi connectivity index (χ1v) is 6.21. The average molecular weight is 288 g/mol. The molecule has 2 N–H and O–H groups in total. The predicted molar refractivity (Wildman–Crippen MR) is 73.9 cm³/mol. The molecule has 0 saturated heterocycles. The van der Waals surface area contributed by atoms with Gasteiger partial charge in [-0.3, -0.25) is 4.79 Å². The van der Waals surface area contributed by atoms with Crippen LogP contribution in [0.5, 0.6) is 0 Å². The van der Waals surface area contributed by atoms with Gasteiger partial charge in [-0.1, -0.05) is 12.1 Å². The first kappa shape index (κ1) is 16.4. The molecule has 0 saturated carbocycles. The number of ether oxygens (including phenoxy) is 1. The van der Waals surface area contributed by atoms with Gasteiger partial charge >= 0.3 is 12.9 Å². The number of esters is 1. The fourth-order valence-corrected chi connectivity index (χ4v) is 1.73. The van der Waals surface area contributed by atoms with Gasteiger partial charge in [0.15, 0.2) is 0 Å². The van der Waals surface area contributed by atoms with E-state index in [9.17, 15) is 17.7 Å². The molecule has 0 aliphatic rings. The van der Waals surface area contributed by atoms with Gasteiger partial charge in [-0.25, -0.2) is 0 Å². The summed E-state index contributed by atoms with van der Waals surface area (Å²) in [6, 6.07) is 1.86. The Morgan fingerprint density at radius 3 is 2.30 bits per heavy atom. The van der Waals surface area contributed by atoms with Crippen molar-refractivity contribution in [2.45, 2.75) is 39.7 Å². The first-order chi connectivity index (χ1) is 8.90. The summed E-state index contributed by atoms with van der Waals surface area (Å²) in [5.74, 6) is -0.577. The topological polar surface area (TPSA) is 52.3 Å². The summed E-state index contributed by atoms with van der Waals surface area (Å²) in [4.78, 5) is 11.7. The van der Waals surface area contributed by atoms with E-state index in [1.54, 1.807) is 27.7 Å². The predicted octanol–water partition coefficient (Wildman–Crippen LogP) is 2.52. The molecule has 0 aliphatic heterocycles. The van der Waals surface area contributed by atoms with E-state index in [0.717, 1.165) is 12.1 Å². The van der Waals surface area contributed by atoms with Crippen LogP contribution in [0.1, 0.15) is 31.9 Å². The van der Waals surface area contributed by atoms with Crippen LogP contribution in [0.15, 0.2) is 12.1 Å². The average Bonchev–Trinajstić information content (AvgIpc) is 2.20. The van der Waals surface area contributed by atoms with Gasteiger partial charge in [-0.2, -0.15) is 0 Å². The summed E-state index contributed by atoms with van der Waals surface area (Å²) in [6.07, 6.45) is -0.229. The number of carbonyl (C=O) groups excluding carboxylic acids is 1. The highest BCUT2D eigenvalue weighted by atomic mass is 19.4. The lowest BCUT2D eigenvalue weighted by molar-refractivity contribution is -0.153. The lowest BCUT2D eigenvalue weighted by Crippen LogP contribution is -2.35. The Labute approximate surface area is 116 Å². The van der Waals surface area contributed by atoms with Crippen molar-refractivity contribution in [1.82, 2.24) is 0 Å². The van der Waals surface area contributed by atoms with E-state index < -0.39 is 24.0 Å². The molecule has 0 heterocycles. The van der Waals surface area contributed by atoms with Crippen molar-refractivity contribution in [3.63, 3.8) is 0 Å². The molecule has 0 aliphatic carbocycles. The molecule has 0 bridgehead atoms. The molecule has 3 nitrogen and oxygen atoms in total. The molecule has 0 aromatic heterocycles. The van der Waals surface area contributed by atoms with E-state index in [-0.39, 0.29) is 17.7 Å². The fourth-order valence-electron chi connectivity index (χ4n) is 1.73. The maximum absolute atomic E-state index is 12.8. The van der Waals surface area contributed by atoms with Crippen molar-refractivity contribution < 1.29 is 22.5 Å². The van der Waals surface area contributed by atoms with Crippen molar-refractivity contribution in [3.05, 3.63) is 23.3 Å². The summed E-state index contributed by atoms with van der Waals surface area (Å²) >= 11 is 0. The summed E-state index contributed by atoms with van der Waals surface area (Å²) in [5.41, 5.74) is 4.84. The lowest BCUT2D eigenvalue weighted by Gasteiger charge is -2.22. The monoisotopic (exact) mass is 288 g/mol. The Morgan fingerprint density at radius 2 is 1.85 bits per heavy atom. The van der Waals surface area contributed by atoms with Crippen LogP contribution in [-0.2, 0) is 16.0 Å². The van der Waals surface area contributed by atoms with Crippen molar-refractivity contribution in [2.24, 2.45) is 0 Å². The van der Waals surface area contributed by atoms with Crippen LogP contribution in [-0.4, -0.2) is 18.5 Å². The number of hydrogen-bond acceptors (Lipinski definition) is 3. The second-order valence-electron chi connectivity index (χ2n) is 5.73. The number of halogens is 3. The molecule has 1 rings (SSSR count). The third kappa shape index (κ3) is 4.47. The summed E-state index contributed by atoms with van der Waals surface area (Å²) in [7, 11) is 0. The van der Waals surface area contributed by atoms with Gasteiger partial charge in [-0.05, 0) is 38.8 Å². The highest BCUT2D eigenvalue weighted by Gasteiger charge is 2.27. The second-order valence-corrected chi connectivity index (χ2v) is 5.73. The van der Waals surface area contributed by atoms with Crippen LogP contribution in [0.4, 0.5) is 18.6 Å². The van der Waals surface area contributed by atoms with Gasteiger partial charge in [0.05, 0.1) is 6.42 Å². The minimum atomic E-state index is -5.15. The first-order valence-electron chi connectivity index (χ1n) is 6.21. The zero-order valence-electron chi connectivity index (χ0n) is 12.0. The molecule has 1 aromatic carbocycles.